The molecule has 1 saturated carbocycles. The van der Waals surface area contributed by atoms with Gasteiger partial charge in [-0.3, -0.25) is 14.5 Å². The average molecular weight is 408 g/mol. The standard InChI is InChI=1S/C24H29N3O3/c1-14-21-19(10-18-22(21)24(18,2)3)27(25-14)20(28)9-8-15-4-6-16(7-5-15)11-26-12-17(13-26)23(29)30/h4-7,17-18,22H,8-13H2,1-3H3,(H,29,30). The van der Waals surface area contributed by atoms with Crippen LogP contribution in [0, 0.1) is 24.2 Å². The number of hydrogen-bond donors (Lipinski definition) is 1. The van der Waals surface area contributed by atoms with Crippen molar-refractivity contribution in [2.24, 2.45) is 17.3 Å². The zero-order valence-electron chi connectivity index (χ0n) is 17.9. The number of nitrogens with zero attached hydrogens (tertiary/aromatic N) is 3. The second kappa shape index (κ2) is 6.77. The fourth-order valence-corrected chi connectivity index (χ4v) is 5.58. The molecule has 2 fully saturated rings. The molecule has 6 nitrogen and oxygen atoms in total. The number of carbonyl (C=O) groups is 2. The Kier molecular flexibility index (Phi) is 4.40. The van der Waals surface area contributed by atoms with E-state index in [-0.39, 0.29) is 11.8 Å². The van der Waals surface area contributed by atoms with Crippen LogP contribution in [-0.4, -0.2) is 44.8 Å². The van der Waals surface area contributed by atoms with Crippen LogP contribution in [0.1, 0.15) is 59.1 Å². The molecule has 2 atom stereocenters. The first-order chi connectivity index (χ1) is 14.3. The number of carboxylic acid groups (broad SMARTS) is 1. The van der Waals surface area contributed by atoms with Gasteiger partial charge in [0.15, 0.2) is 0 Å². The first-order valence-corrected chi connectivity index (χ1v) is 10.9. The summed E-state index contributed by atoms with van der Waals surface area (Å²) in [6.07, 6.45) is 2.14. The van der Waals surface area contributed by atoms with Crippen molar-refractivity contribution in [3.05, 3.63) is 52.3 Å². The summed E-state index contributed by atoms with van der Waals surface area (Å²) in [4.78, 5) is 25.9. The number of carboxylic acids is 1. The number of likely N-dealkylation sites (tertiary alicyclic amines) is 1. The summed E-state index contributed by atoms with van der Waals surface area (Å²) in [7, 11) is 0. The molecule has 0 radical (unpaired) electrons. The van der Waals surface area contributed by atoms with Crippen LogP contribution in [0.2, 0.25) is 0 Å². The summed E-state index contributed by atoms with van der Waals surface area (Å²) in [6.45, 7) is 8.70. The van der Waals surface area contributed by atoms with Gasteiger partial charge in [0, 0.05) is 31.6 Å². The molecule has 0 bridgehead atoms. The molecule has 1 N–H and O–H groups in total. The van der Waals surface area contributed by atoms with Gasteiger partial charge < -0.3 is 5.11 Å². The molecular weight excluding hydrogens is 378 g/mol. The third-order valence-electron chi connectivity index (χ3n) is 7.58. The maximum atomic E-state index is 12.9. The minimum absolute atomic E-state index is 0.0859. The van der Waals surface area contributed by atoms with E-state index in [1.807, 2.05) is 6.92 Å². The first kappa shape index (κ1) is 19.5. The molecule has 6 heteroatoms. The Morgan fingerprint density at radius 3 is 2.50 bits per heavy atom. The molecule has 2 unspecified atom stereocenters. The summed E-state index contributed by atoms with van der Waals surface area (Å²) in [6, 6.07) is 8.32. The van der Waals surface area contributed by atoms with Crippen molar-refractivity contribution in [1.82, 2.24) is 14.7 Å². The number of aromatic nitrogens is 2. The third kappa shape index (κ3) is 3.09. The van der Waals surface area contributed by atoms with Gasteiger partial charge in [-0.05, 0) is 48.1 Å². The summed E-state index contributed by atoms with van der Waals surface area (Å²) < 4.78 is 1.68. The van der Waals surface area contributed by atoms with Gasteiger partial charge in [-0.1, -0.05) is 38.1 Å². The van der Waals surface area contributed by atoms with Gasteiger partial charge in [-0.2, -0.15) is 5.10 Å². The Morgan fingerprint density at radius 1 is 1.17 bits per heavy atom. The van der Waals surface area contributed by atoms with Crippen molar-refractivity contribution in [2.45, 2.75) is 52.5 Å². The molecule has 2 aliphatic carbocycles. The van der Waals surface area contributed by atoms with Gasteiger partial charge in [-0.25, -0.2) is 4.68 Å². The number of aryl methyl sites for hydroxylation is 2. The van der Waals surface area contributed by atoms with Gasteiger partial charge in [0.25, 0.3) is 0 Å². The van der Waals surface area contributed by atoms with Crippen molar-refractivity contribution >= 4 is 11.9 Å². The second-order valence-corrected chi connectivity index (χ2v) is 9.91. The lowest BCUT2D eigenvalue weighted by molar-refractivity contribution is -0.147. The predicted molar refractivity (Wildman–Crippen MR) is 112 cm³/mol. The SMILES string of the molecule is Cc1nn(C(=O)CCc2ccc(CN3CC(C(=O)O)C3)cc2)c2c1C1C(C2)C1(C)C. The predicted octanol–water partition coefficient (Wildman–Crippen LogP) is 3.28. The van der Waals surface area contributed by atoms with Gasteiger partial charge in [-0.15, -0.1) is 0 Å². The molecule has 0 amide bonds. The highest BCUT2D eigenvalue weighted by molar-refractivity contribution is 5.80. The van der Waals surface area contributed by atoms with Crippen molar-refractivity contribution in [3.8, 4) is 0 Å². The quantitative estimate of drug-likeness (QED) is 0.795. The average Bonchev–Trinajstić information content (AvgIpc) is 3.01. The van der Waals surface area contributed by atoms with Crippen LogP contribution in [0.5, 0.6) is 0 Å². The fourth-order valence-electron chi connectivity index (χ4n) is 5.58. The molecule has 30 heavy (non-hydrogen) atoms. The zero-order valence-corrected chi connectivity index (χ0v) is 17.9. The number of rotatable bonds is 6. The zero-order chi connectivity index (χ0) is 21.2. The highest BCUT2D eigenvalue weighted by Gasteiger charge is 2.64. The molecule has 2 aromatic rings. The number of aliphatic carboxylic acids is 1. The van der Waals surface area contributed by atoms with Gasteiger partial charge >= 0.3 is 5.97 Å². The van der Waals surface area contributed by atoms with E-state index in [4.69, 9.17) is 5.11 Å². The third-order valence-corrected chi connectivity index (χ3v) is 7.58. The van der Waals surface area contributed by atoms with E-state index in [1.54, 1.807) is 4.68 Å². The number of hydrogen-bond acceptors (Lipinski definition) is 4. The maximum Gasteiger partial charge on any atom is 0.309 e. The fraction of sp³-hybridized carbons (Fsp3) is 0.542. The molecule has 3 aliphatic rings. The number of carbonyl (C=O) groups excluding carboxylic acids is 1. The molecule has 1 aromatic heterocycles. The Labute approximate surface area is 176 Å². The van der Waals surface area contributed by atoms with E-state index < -0.39 is 5.97 Å². The lowest BCUT2D eigenvalue weighted by Gasteiger charge is -2.36. The van der Waals surface area contributed by atoms with Gasteiger partial charge in [0.1, 0.15) is 0 Å². The van der Waals surface area contributed by atoms with Crippen LogP contribution < -0.4 is 0 Å². The number of benzene rings is 1. The Morgan fingerprint density at radius 2 is 1.83 bits per heavy atom. The maximum absolute atomic E-state index is 12.9. The Balaban J connectivity index is 1.17. The first-order valence-electron chi connectivity index (χ1n) is 10.9. The van der Waals surface area contributed by atoms with Gasteiger partial charge in [0.2, 0.25) is 5.91 Å². The smallest absolute Gasteiger partial charge is 0.309 e. The second-order valence-electron chi connectivity index (χ2n) is 9.91. The molecular formula is C24H29N3O3. The highest BCUT2D eigenvalue weighted by Crippen LogP contribution is 2.70. The monoisotopic (exact) mass is 407 g/mol. The van der Waals surface area contributed by atoms with Crippen molar-refractivity contribution in [1.29, 1.82) is 0 Å². The molecule has 2 heterocycles. The molecule has 5 rings (SSSR count). The molecule has 1 aromatic carbocycles. The van der Waals surface area contributed by atoms with E-state index in [2.05, 4.69) is 48.1 Å². The molecule has 1 saturated heterocycles. The largest absolute Gasteiger partial charge is 0.481 e. The van der Waals surface area contributed by atoms with Crippen molar-refractivity contribution in [3.63, 3.8) is 0 Å². The van der Waals surface area contributed by atoms with Crippen LogP contribution in [-0.2, 0) is 24.2 Å². The summed E-state index contributed by atoms with van der Waals surface area (Å²) >= 11 is 0. The number of fused-ring (bicyclic) bond motifs is 3. The van der Waals surface area contributed by atoms with Crippen molar-refractivity contribution < 1.29 is 14.7 Å². The van der Waals surface area contributed by atoms with Crippen molar-refractivity contribution in [2.75, 3.05) is 13.1 Å². The molecule has 158 valence electrons. The molecule has 0 spiro atoms. The van der Waals surface area contributed by atoms with E-state index in [0.29, 0.717) is 43.2 Å². The van der Waals surface area contributed by atoms with E-state index >= 15 is 0 Å². The minimum atomic E-state index is -0.704. The van der Waals surface area contributed by atoms with Crippen LogP contribution in [0.25, 0.3) is 0 Å². The lowest BCUT2D eigenvalue weighted by Crippen LogP contribution is -2.49. The summed E-state index contributed by atoms with van der Waals surface area (Å²) in [5, 5.41) is 13.6. The highest BCUT2D eigenvalue weighted by atomic mass is 16.4. The summed E-state index contributed by atoms with van der Waals surface area (Å²) in [5.41, 5.74) is 6.19. The van der Waals surface area contributed by atoms with Crippen LogP contribution in [0.3, 0.4) is 0 Å². The minimum Gasteiger partial charge on any atom is -0.481 e. The summed E-state index contributed by atoms with van der Waals surface area (Å²) in [5.74, 6) is 0.416. The Hall–Kier alpha value is -2.47. The van der Waals surface area contributed by atoms with Crippen LogP contribution in [0.15, 0.2) is 24.3 Å². The van der Waals surface area contributed by atoms with Crippen LogP contribution >= 0.6 is 0 Å². The normalized spacial score (nSPS) is 24.2. The van der Waals surface area contributed by atoms with Gasteiger partial charge in [0.05, 0.1) is 17.3 Å². The van der Waals surface area contributed by atoms with E-state index in [0.717, 1.165) is 29.9 Å². The van der Waals surface area contributed by atoms with E-state index in [1.165, 1.54) is 11.1 Å². The Bertz CT molecular complexity index is 1020. The van der Waals surface area contributed by atoms with Crippen LogP contribution in [0.4, 0.5) is 0 Å². The lowest BCUT2D eigenvalue weighted by atomic mass is 9.98. The topological polar surface area (TPSA) is 75.4 Å². The van der Waals surface area contributed by atoms with E-state index in [9.17, 15) is 9.59 Å². The molecule has 1 aliphatic heterocycles.